The van der Waals surface area contributed by atoms with Gasteiger partial charge in [-0.25, -0.2) is 0 Å². The molecule has 0 aromatic rings. The molecule has 2 heterocycles. The molecule has 2 aliphatic rings. The van der Waals surface area contributed by atoms with Crippen LogP contribution in [0, 0.1) is 0 Å². The van der Waals surface area contributed by atoms with E-state index in [2.05, 4.69) is 24.1 Å². The van der Waals surface area contributed by atoms with Gasteiger partial charge in [0.1, 0.15) is 0 Å². The van der Waals surface area contributed by atoms with Crippen LogP contribution in [0.2, 0.25) is 0 Å². The van der Waals surface area contributed by atoms with Crippen LogP contribution in [0.25, 0.3) is 0 Å². The van der Waals surface area contributed by atoms with Gasteiger partial charge in [0.2, 0.25) is 0 Å². The maximum absolute atomic E-state index is 10.8. The molecule has 0 bridgehead atoms. The summed E-state index contributed by atoms with van der Waals surface area (Å²) in [6, 6.07) is 0.621. The van der Waals surface area contributed by atoms with Crippen LogP contribution in [0.1, 0.15) is 39.5 Å². The molecule has 0 radical (unpaired) electrons. The average Bonchev–Trinajstić information content (AvgIpc) is 2.59. The third kappa shape index (κ3) is 1.93. The third-order valence-corrected chi connectivity index (χ3v) is 4.25. The molecule has 2 aliphatic heterocycles. The molecule has 2 rings (SSSR count). The van der Waals surface area contributed by atoms with Crippen molar-refractivity contribution in [3.05, 3.63) is 0 Å². The number of piperidine rings is 1. The molecule has 0 aromatic carbocycles. The Morgan fingerprint density at radius 3 is 3.00 bits per heavy atom. The van der Waals surface area contributed by atoms with E-state index in [9.17, 15) is 5.11 Å². The Hall–Kier alpha value is -0.120. The number of hydrogen-bond acceptors (Lipinski definition) is 3. The van der Waals surface area contributed by atoms with Crippen molar-refractivity contribution >= 4 is 0 Å². The summed E-state index contributed by atoms with van der Waals surface area (Å²) in [5.74, 6) is 0. The smallest absolute Gasteiger partial charge is 0.0963 e. The summed E-state index contributed by atoms with van der Waals surface area (Å²) in [4.78, 5) is 2.48. The van der Waals surface area contributed by atoms with Crippen molar-refractivity contribution in [2.24, 2.45) is 0 Å². The largest absolute Gasteiger partial charge is 0.387 e. The zero-order valence-electron chi connectivity index (χ0n) is 10.00. The maximum Gasteiger partial charge on any atom is 0.0963 e. The topological polar surface area (TPSA) is 35.5 Å². The molecule has 3 nitrogen and oxygen atoms in total. The second-order valence-electron chi connectivity index (χ2n) is 5.07. The second kappa shape index (κ2) is 4.40. The van der Waals surface area contributed by atoms with Crippen LogP contribution >= 0.6 is 0 Å². The van der Waals surface area contributed by atoms with E-state index in [-0.39, 0.29) is 6.04 Å². The van der Waals surface area contributed by atoms with Crippen molar-refractivity contribution < 1.29 is 5.11 Å². The van der Waals surface area contributed by atoms with Crippen molar-refractivity contribution in [1.82, 2.24) is 10.2 Å². The molecule has 15 heavy (non-hydrogen) atoms. The lowest BCUT2D eigenvalue weighted by Crippen LogP contribution is -2.57. The van der Waals surface area contributed by atoms with Gasteiger partial charge in [-0.05, 0) is 39.3 Å². The van der Waals surface area contributed by atoms with Crippen molar-refractivity contribution in [2.45, 2.75) is 57.2 Å². The number of likely N-dealkylation sites (N-methyl/N-ethyl adjacent to an activating group) is 1. The van der Waals surface area contributed by atoms with Crippen molar-refractivity contribution in [2.75, 3.05) is 19.6 Å². The summed E-state index contributed by atoms with van der Waals surface area (Å²) < 4.78 is 0. The Bertz CT molecular complexity index is 222. The molecule has 0 saturated carbocycles. The first-order chi connectivity index (χ1) is 7.18. The van der Waals surface area contributed by atoms with E-state index in [1.165, 1.54) is 25.8 Å². The van der Waals surface area contributed by atoms with Crippen LogP contribution in [0.15, 0.2) is 0 Å². The van der Waals surface area contributed by atoms with Gasteiger partial charge in [0.05, 0.1) is 5.60 Å². The van der Waals surface area contributed by atoms with Gasteiger partial charge in [-0.1, -0.05) is 13.3 Å². The number of fused-ring (bicyclic) bond motifs is 1. The van der Waals surface area contributed by atoms with Gasteiger partial charge in [-0.3, -0.25) is 4.90 Å². The van der Waals surface area contributed by atoms with E-state index in [4.69, 9.17) is 0 Å². The van der Waals surface area contributed by atoms with Gasteiger partial charge in [0, 0.05) is 18.6 Å². The van der Waals surface area contributed by atoms with E-state index in [1.807, 2.05) is 0 Å². The summed E-state index contributed by atoms with van der Waals surface area (Å²) in [7, 11) is 0. The van der Waals surface area contributed by atoms with Gasteiger partial charge in [0.25, 0.3) is 0 Å². The van der Waals surface area contributed by atoms with E-state index in [0.29, 0.717) is 6.04 Å². The summed E-state index contributed by atoms with van der Waals surface area (Å²) in [5.41, 5.74) is -0.490. The number of rotatable bonds is 3. The Balaban J connectivity index is 2.07. The Kier molecular flexibility index (Phi) is 3.33. The maximum atomic E-state index is 10.8. The zero-order valence-corrected chi connectivity index (χ0v) is 10.00. The predicted molar refractivity (Wildman–Crippen MR) is 61.9 cm³/mol. The molecule has 88 valence electrons. The quantitative estimate of drug-likeness (QED) is 0.732. The van der Waals surface area contributed by atoms with Crippen molar-refractivity contribution in [3.8, 4) is 0 Å². The molecule has 0 spiro atoms. The van der Waals surface area contributed by atoms with E-state index in [1.54, 1.807) is 0 Å². The van der Waals surface area contributed by atoms with Crippen LogP contribution in [0.5, 0.6) is 0 Å². The van der Waals surface area contributed by atoms with Gasteiger partial charge < -0.3 is 10.4 Å². The standard InChI is InChI=1S/C12H24N2O/c1-3-13-10(2)12(15)7-9-14-8-5-4-6-11(12)14/h10-11,13,15H,3-9H2,1-2H3. The van der Waals surface area contributed by atoms with Crippen LogP contribution in [-0.4, -0.2) is 47.3 Å². The van der Waals surface area contributed by atoms with Gasteiger partial charge in [-0.15, -0.1) is 0 Å². The first-order valence-corrected chi connectivity index (χ1v) is 6.38. The van der Waals surface area contributed by atoms with Crippen molar-refractivity contribution in [3.63, 3.8) is 0 Å². The minimum absolute atomic E-state index is 0.218. The van der Waals surface area contributed by atoms with Crippen LogP contribution in [-0.2, 0) is 0 Å². The van der Waals surface area contributed by atoms with E-state index in [0.717, 1.165) is 19.5 Å². The van der Waals surface area contributed by atoms with Gasteiger partial charge in [0.15, 0.2) is 0 Å². The zero-order chi connectivity index (χ0) is 10.9. The lowest BCUT2D eigenvalue weighted by molar-refractivity contribution is -0.0342. The molecule has 2 N–H and O–H groups in total. The molecule has 3 atom stereocenters. The van der Waals surface area contributed by atoms with Gasteiger partial charge in [-0.2, -0.15) is 0 Å². The molecular weight excluding hydrogens is 188 g/mol. The molecule has 3 heteroatoms. The Morgan fingerprint density at radius 2 is 2.27 bits per heavy atom. The number of nitrogens with one attached hydrogen (secondary N) is 1. The highest BCUT2D eigenvalue weighted by atomic mass is 16.3. The highest BCUT2D eigenvalue weighted by molar-refractivity contribution is 5.06. The fraction of sp³-hybridized carbons (Fsp3) is 1.00. The Morgan fingerprint density at radius 1 is 1.47 bits per heavy atom. The summed E-state index contributed by atoms with van der Waals surface area (Å²) in [5, 5.41) is 14.2. The SMILES string of the molecule is CCNC(C)C1(O)CCN2CCCCC21. The van der Waals surface area contributed by atoms with Gasteiger partial charge >= 0.3 is 0 Å². The molecule has 2 saturated heterocycles. The fourth-order valence-corrected chi connectivity index (χ4v) is 3.30. The molecule has 0 aromatic heterocycles. The fourth-order valence-electron chi connectivity index (χ4n) is 3.30. The van der Waals surface area contributed by atoms with Crippen LogP contribution in [0.3, 0.4) is 0 Å². The highest BCUT2D eigenvalue weighted by Crippen LogP contribution is 2.37. The van der Waals surface area contributed by atoms with Crippen molar-refractivity contribution in [1.29, 1.82) is 0 Å². The number of aliphatic hydroxyl groups is 1. The third-order valence-electron chi connectivity index (χ3n) is 4.25. The summed E-state index contributed by atoms with van der Waals surface area (Å²) in [6.07, 6.45) is 4.70. The molecule has 0 aliphatic carbocycles. The summed E-state index contributed by atoms with van der Waals surface area (Å²) in [6.45, 7) is 7.44. The first kappa shape index (κ1) is 11.4. The molecule has 3 unspecified atom stereocenters. The summed E-state index contributed by atoms with van der Waals surface area (Å²) >= 11 is 0. The molecular formula is C12H24N2O. The minimum Gasteiger partial charge on any atom is -0.387 e. The van der Waals surface area contributed by atoms with E-state index < -0.39 is 5.60 Å². The van der Waals surface area contributed by atoms with Crippen LogP contribution < -0.4 is 5.32 Å². The monoisotopic (exact) mass is 212 g/mol. The first-order valence-electron chi connectivity index (χ1n) is 6.38. The Labute approximate surface area is 92.8 Å². The second-order valence-corrected chi connectivity index (χ2v) is 5.07. The predicted octanol–water partition coefficient (Wildman–Crippen LogP) is 0.974. The molecule has 2 fully saturated rings. The van der Waals surface area contributed by atoms with Crippen LogP contribution in [0.4, 0.5) is 0 Å². The lowest BCUT2D eigenvalue weighted by Gasteiger charge is -2.41. The normalized spacial score (nSPS) is 39.0. The molecule has 0 amide bonds. The average molecular weight is 212 g/mol. The minimum atomic E-state index is -0.490. The van der Waals surface area contributed by atoms with E-state index >= 15 is 0 Å². The highest BCUT2D eigenvalue weighted by Gasteiger charge is 2.49. The lowest BCUT2D eigenvalue weighted by atomic mass is 9.83. The number of nitrogens with zero attached hydrogens (tertiary/aromatic N) is 1. The number of hydrogen-bond donors (Lipinski definition) is 2.